The van der Waals surface area contributed by atoms with Crippen LogP contribution >= 0.6 is 11.8 Å². The van der Waals surface area contributed by atoms with Crippen molar-refractivity contribution in [2.24, 2.45) is 5.73 Å². The van der Waals surface area contributed by atoms with E-state index in [0.29, 0.717) is 0 Å². The molecule has 0 bridgehead atoms. The highest BCUT2D eigenvalue weighted by molar-refractivity contribution is 7.98. The maximum absolute atomic E-state index is 6.14. The fourth-order valence-electron chi connectivity index (χ4n) is 2.31. The van der Waals surface area contributed by atoms with Crippen LogP contribution in [0.3, 0.4) is 0 Å². The Balaban J connectivity index is 2.02. The maximum atomic E-state index is 6.14. The minimum Gasteiger partial charge on any atom is -0.339 e. The van der Waals surface area contributed by atoms with Crippen molar-refractivity contribution in [1.29, 1.82) is 0 Å². The summed E-state index contributed by atoms with van der Waals surface area (Å²) < 4.78 is 5.40. The molecule has 2 atom stereocenters. The number of rotatable bonds is 5. The summed E-state index contributed by atoms with van der Waals surface area (Å²) in [6.07, 6.45) is 4.44. The average molecular weight is 255 g/mol. The molecule has 1 heterocycles. The predicted molar refractivity (Wildman–Crippen MR) is 69.9 cm³/mol. The summed E-state index contributed by atoms with van der Waals surface area (Å²) in [6, 6.07) is 0.152. The molecule has 0 aromatic carbocycles. The highest BCUT2D eigenvalue weighted by Gasteiger charge is 2.42. The van der Waals surface area contributed by atoms with Gasteiger partial charge in [0, 0.05) is 6.04 Å². The Hall–Kier alpha value is -0.550. The Labute approximate surface area is 107 Å². The summed E-state index contributed by atoms with van der Waals surface area (Å²) in [5.74, 6) is 3.51. The summed E-state index contributed by atoms with van der Waals surface area (Å²) in [7, 11) is 0. The second-order valence-corrected chi connectivity index (χ2v) is 6.09. The van der Waals surface area contributed by atoms with Crippen LogP contribution in [0.2, 0.25) is 0 Å². The molecule has 4 nitrogen and oxygen atoms in total. The molecule has 0 saturated heterocycles. The molecule has 1 saturated carbocycles. The van der Waals surface area contributed by atoms with Crippen molar-refractivity contribution in [2.45, 2.75) is 56.7 Å². The number of hydrogen-bond donors (Lipinski definition) is 1. The lowest BCUT2D eigenvalue weighted by molar-refractivity contribution is 0.277. The van der Waals surface area contributed by atoms with Gasteiger partial charge in [0.1, 0.15) is 0 Å². The molecule has 1 aromatic heterocycles. The fraction of sp³-hybridized carbons (Fsp3) is 0.833. The molecule has 2 N–H and O–H groups in total. The first-order chi connectivity index (χ1) is 8.16. The third kappa shape index (κ3) is 2.65. The van der Waals surface area contributed by atoms with Crippen LogP contribution in [0.1, 0.15) is 51.2 Å². The zero-order valence-corrected chi connectivity index (χ0v) is 11.4. The molecule has 2 unspecified atom stereocenters. The van der Waals surface area contributed by atoms with Gasteiger partial charge >= 0.3 is 0 Å². The van der Waals surface area contributed by atoms with E-state index in [-0.39, 0.29) is 11.5 Å². The van der Waals surface area contributed by atoms with E-state index in [1.54, 1.807) is 0 Å². The van der Waals surface area contributed by atoms with Crippen molar-refractivity contribution >= 4 is 11.8 Å². The van der Waals surface area contributed by atoms with Gasteiger partial charge in [0.25, 0.3) is 0 Å². The Morgan fingerprint density at radius 2 is 2.41 bits per heavy atom. The highest BCUT2D eigenvalue weighted by Crippen LogP contribution is 2.38. The number of aromatic nitrogens is 2. The van der Waals surface area contributed by atoms with Crippen molar-refractivity contribution in [3.63, 3.8) is 0 Å². The lowest BCUT2D eigenvalue weighted by Gasteiger charge is -2.23. The third-order valence-electron chi connectivity index (χ3n) is 3.57. The van der Waals surface area contributed by atoms with Gasteiger partial charge in [-0.15, -0.1) is 0 Å². The first kappa shape index (κ1) is 12.9. The third-order valence-corrected chi connectivity index (χ3v) is 4.73. The van der Waals surface area contributed by atoms with Crippen molar-refractivity contribution in [1.82, 2.24) is 10.1 Å². The van der Waals surface area contributed by atoms with Gasteiger partial charge in [-0.2, -0.15) is 16.7 Å². The molecular formula is C12H21N3OS. The Morgan fingerprint density at radius 3 is 3.06 bits per heavy atom. The molecule has 96 valence electrons. The van der Waals surface area contributed by atoms with Crippen LogP contribution in [0.15, 0.2) is 4.52 Å². The molecule has 0 aliphatic heterocycles. The topological polar surface area (TPSA) is 64.9 Å². The largest absolute Gasteiger partial charge is 0.339 e. The van der Waals surface area contributed by atoms with E-state index < -0.39 is 0 Å². The second-order valence-electron chi connectivity index (χ2n) is 4.98. The van der Waals surface area contributed by atoms with E-state index in [0.717, 1.165) is 42.5 Å². The van der Waals surface area contributed by atoms with Crippen LogP contribution in [0, 0.1) is 0 Å². The van der Waals surface area contributed by atoms with E-state index in [9.17, 15) is 0 Å². The quantitative estimate of drug-likeness (QED) is 0.819. The molecule has 1 aliphatic rings. The summed E-state index contributed by atoms with van der Waals surface area (Å²) in [5, 5.41) is 4.05. The Morgan fingerprint density at radius 1 is 1.59 bits per heavy atom. The van der Waals surface area contributed by atoms with Crippen LogP contribution in [0.5, 0.6) is 0 Å². The molecule has 0 spiro atoms. The summed E-state index contributed by atoms with van der Waals surface area (Å²) in [6.45, 7) is 4.31. The number of thioether (sulfide) groups is 1. The smallest absolute Gasteiger partial charge is 0.234 e. The summed E-state index contributed by atoms with van der Waals surface area (Å²) in [4.78, 5) is 4.51. The molecule has 1 aromatic rings. The highest BCUT2D eigenvalue weighted by atomic mass is 32.2. The SMILES string of the molecule is CCCSCc1noc(C2(C)CCCC2N)n1. The maximum Gasteiger partial charge on any atom is 0.234 e. The van der Waals surface area contributed by atoms with Gasteiger partial charge in [-0.05, 0) is 31.9 Å². The Bertz CT molecular complexity index is 368. The number of nitrogens with two attached hydrogens (primary N) is 1. The van der Waals surface area contributed by atoms with Gasteiger partial charge in [0.05, 0.1) is 11.2 Å². The lowest BCUT2D eigenvalue weighted by atomic mass is 9.85. The van der Waals surface area contributed by atoms with Crippen molar-refractivity contribution in [3.8, 4) is 0 Å². The Kier molecular flexibility index (Phi) is 4.09. The molecule has 2 rings (SSSR count). The van der Waals surface area contributed by atoms with Gasteiger partial charge in [-0.1, -0.05) is 18.5 Å². The second kappa shape index (κ2) is 5.40. The van der Waals surface area contributed by atoms with Gasteiger partial charge in [-0.25, -0.2) is 0 Å². The summed E-state index contributed by atoms with van der Waals surface area (Å²) >= 11 is 1.85. The molecule has 1 aliphatic carbocycles. The lowest BCUT2D eigenvalue weighted by Crippen LogP contribution is -2.38. The summed E-state index contributed by atoms with van der Waals surface area (Å²) in [5.41, 5.74) is 6.03. The molecule has 0 amide bonds. The number of nitrogens with zero attached hydrogens (tertiary/aromatic N) is 2. The standard InChI is InChI=1S/C12H21N3OS/c1-3-7-17-8-10-14-11(16-15-10)12(2)6-4-5-9(12)13/h9H,3-8,13H2,1-2H3. The molecule has 5 heteroatoms. The van der Waals surface area contributed by atoms with E-state index in [4.69, 9.17) is 10.3 Å². The minimum absolute atomic E-state index is 0.110. The van der Waals surface area contributed by atoms with Crippen LogP contribution in [-0.2, 0) is 11.2 Å². The van der Waals surface area contributed by atoms with Crippen LogP contribution in [-0.4, -0.2) is 21.9 Å². The molecule has 0 radical (unpaired) electrons. The average Bonchev–Trinajstić information content (AvgIpc) is 2.89. The predicted octanol–water partition coefficient (Wildman–Crippen LogP) is 2.48. The first-order valence-electron chi connectivity index (χ1n) is 6.33. The zero-order valence-electron chi connectivity index (χ0n) is 10.6. The van der Waals surface area contributed by atoms with Crippen LogP contribution in [0.25, 0.3) is 0 Å². The van der Waals surface area contributed by atoms with Gasteiger partial charge < -0.3 is 10.3 Å². The van der Waals surface area contributed by atoms with Crippen molar-refractivity contribution in [2.75, 3.05) is 5.75 Å². The van der Waals surface area contributed by atoms with Crippen molar-refractivity contribution < 1.29 is 4.52 Å². The zero-order chi connectivity index (χ0) is 12.3. The molecular weight excluding hydrogens is 234 g/mol. The van der Waals surface area contributed by atoms with E-state index >= 15 is 0 Å². The minimum atomic E-state index is -0.110. The van der Waals surface area contributed by atoms with Gasteiger partial charge in [0.15, 0.2) is 5.82 Å². The normalized spacial score (nSPS) is 28.8. The first-order valence-corrected chi connectivity index (χ1v) is 7.48. The van der Waals surface area contributed by atoms with Gasteiger partial charge in [-0.3, -0.25) is 0 Å². The number of hydrogen-bond acceptors (Lipinski definition) is 5. The monoisotopic (exact) mass is 255 g/mol. The molecule has 1 fully saturated rings. The van der Waals surface area contributed by atoms with Crippen molar-refractivity contribution in [3.05, 3.63) is 11.7 Å². The van der Waals surface area contributed by atoms with Gasteiger partial charge in [0.2, 0.25) is 5.89 Å². The van der Waals surface area contributed by atoms with E-state index in [1.807, 2.05) is 11.8 Å². The van der Waals surface area contributed by atoms with Crippen LogP contribution < -0.4 is 5.73 Å². The van der Waals surface area contributed by atoms with E-state index in [1.165, 1.54) is 6.42 Å². The fourth-order valence-corrected chi connectivity index (χ4v) is 3.04. The molecule has 17 heavy (non-hydrogen) atoms. The van der Waals surface area contributed by atoms with Crippen LogP contribution in [0.4, 0.5) is 0 Å². The van der Waals surface area contributed by atoms with E-state index in [2.05, 4.69) is 24.0 Å².